The van der Waals surface area contributed by atoms with Crippen LogP contribution in [0.2, 0.25) is 0 Å². The minimum atomic E-state index is -1.17. The number of rotatable bonds is 3. The molecule has 1 spiro atoms. The Morgan fingerprint density at radius 2 is 1.93 bits per heavy atom. The fourth-order valence-electron chi connectivity index (χ4n) is 3.41. The van der Waals surface area contributed by atoms with E-state index in [1.807, 2.05) is 18.2 Å². The SMILES string of the molecule is O=C(CN1C(=O)NC2(CCOc3ccccc32)C1=O)Nc1ccccc1I. The first kappa shape index (κ1) is 17.8. The van der Waals surface area contributed by atoms with Gasteiger partial charge >= 0.3 is 6.03 Å². The lowest BCUT2D eigenvalue weighted by Gasteiger charge is -2.33. The molecule has 2 aliphatic rings. The second kappa shape index (κ2) is 6.84. The van der Waals surface area contributed by atoms with Gasteiger partial charge in [-0.1, -0.05) is 30.3 Å². The molecule has 0 radical (unpaired) electrons. The summed E-state index contributed by atoms with van der Waals surface area (Å²) in [5, 5.41) is 5.53. The fourth-order valence-corrected chi connectivity index (χ4v) is 3.93. The van der Waals surface area contributed by atoms with E-state index in [0.29, 0.717) is 30.0 Å². The molecular weight excluding hydrogens is 461 g/mol. The molecular formula is C19H16IN3O4. The third-order valence-electron chi connectivity index (χ3n) is 4.71. The number of carbonyl (C=O) groups excluding carboxylic acids is 3. The van der Waals surface area contributed by atoms with Gasteiger partial charge in [0, 0.05) is 15.6 Å². The van der Waals surface area contributed by atoms with Crippen LogP contribution in [0.15, 0.2) is 48.5 Å². The molecule has 1 unspecified atom stereocenters. The van der Waals surface area contributed by atoms with Crippen molar-refractivity contribution in [3.63, 3.8) is 0 Å². The highest BCUT2D eigenvalue weighted by atomic mass is 127. The molecule has 2 aliphatic heterocycles. The summed E-state index contributed by atoms with van der Waals surface area (Å²) in [6, 6.07) is 13.9. The molecule has 0 saturated carbocycles. The minimum absolute atomic E-state index is 0.311. The van der Waals surface area contributed by atoms with Gasteiger partial charge in [0.15, 0.2) is 5.54 Å². The second-order valence-corrected chi connectivity index (χ2v) is 7.51. The van der Waals surface area contributed by atoms with Crippen molar-refractivity contribution in [1.29, 1.82) is 0 Å². The lowest BCUT2D eigenvalue weighted by molar-refractivity contribution is -0.135. The molecule has 8 heteroatoms. The zero-order chi connectivity index (χ0) is 19.0. The van der Waals surface area contributed by atoms with E-state index in [4.69, 9.17) is 4.74 Å². The van der Waals surface area contributed by atoms with Crippen LogP contribution in [-0.4, -0.2) is 35.9 Å². The van der Waals surface area contributed by atoms with Crippen molar-refractivity contribution in [1.82, 2.24) is 10.2 Å². The molecule has 0 aliphatic carbocycles. The quantitative estimate of drug-likeness (QED) is 0.526. The van der Waals surface area contributed by atoms with Gasteiger partial charge in [0.1, 0.15) is 12.3 Å². The highest BCUT2D eigenvalue weighted by molar-refractivity contribution is 14.1. The summed E-state index contributed by atoms with van der Waals surface area (Å²) < 4.78 is 6.47. The van der Waals surface area contributed by atoms with E-state index in [-0.39, 0.29) is 6.54 Å². The van der Waals surface area contributed by atoms with Crippen LogP contribution in [0.25, 0.3) is 0 Å². The maximum atomic E-state index is 13.1. The molecule has 0 bridgehead atoms. The summed E-state index contributed by atoms with van der Waals surface area (Å²) in [7, 11) is 0. The molecule has 0 aromatic heterocycles. The average molecular weight is 477 g/mol. The summed E-state index contributed by atoms with van der Waals surface area (Å²) in [6.45, 7) is -0.0360. The minimum Gasteiger partial charge on any atom is -0.493 e. The van der Waals surface area contributed by atoms with Crippen molar-refractivity contribution in [3.05, 3.63) is 57.7 Å². The van der Waals surface area contributed by atoms with Crippen LogP contribution in [0.5, 0.6) is 5.75 Å². The largest absolute Gasteiger partial charge is 0.493 e. The lowest BCUT2D eigenvalue weighted by atomic mass is 9.84. The highest BCUT2D eigenvalue weighted by Gasteiger charge is 2.55. The molecule has 7 nitrogen and oxygen atoms in total. The number of imide groups is 1. The Kier molecular flexibility index (Phi) is 4.50. The van der Waals surface area contributed by atoms with Gasteiger partial charge in [-0.2, -0.15) is 0 Å². The van der Waals surface area contributed by atoms with Gasteiger partial charge in [-0.05, 0) is 40.8 Å². The molecule has 2 N–H and O–H groups in total. The molecule has 2 aromatic carbocycles. The molecule has 27 heavy (non-hydrogen) atoms. The third-order valence-corrected chi connectivity index (χ3v) is 5.65. The Hall–Kier alpha value is -2.62. The van der Waals surface area contributed by atoms with Gasteiger partial charge in [0.05, 0.1) is 12.3 Å². The van der Waals surface area contributed by atoms with Crippen LogP contribution >= 0.6 is 22.6 Å². The number of halogens is 1. The van der Waals surface area contributed by atoms with E-state index >= 15 is 0 Å². The number of anilines is 1. The summed E-state index contributed by atoms with van der Waals surface area (Å²) >= 11 is 2.11. The molecule has 1 atom stereocenters. The van der Waals surface area contributed by atoms with Crippen LogP contribution in [0.3, 0.4) is 0 Å². The summed E-state index contributed by atoms with van der Waals surface area (Å²) in [6.07, 6.45) is 0.323. The Morgan fingerprint density at radius 1 is 1.19 bits per heavy atom. The number of hydrogen-bond acceptors (Lipinski definition) is 4. The maximum Gasteiger partial charge on any atom is 0.325 e. The van der Waals surface area contributed by atoms with Crippen molar-refractivity contribution in [2.75, 3.05) is 18.5 Å². The molecule has 1 saturated heterocycles. The van der Waals surface area contributed by atoms with Crippen LogP contribution in [0.1, 0.15) is 12.0 Å². The van der Waals surface area contributed by atoms with Gasteiger partial charge in [-0.3, -0.25) is 14.5 Å². The Bertz CT molecular complexity index is 948. The van der Waals surface area contributed by atoms with E-state index < -0.39 is 23.4 Å². The Balaban J connectivity index is 1.56. The average Bonchev–Trinajstić information content (AvgIpc) is 2.89. The fraction of sp³-hybridized carbons (Fsp3) is 0.211. The number of fused-ring (bicyclic) bond motifs is 2. The number of nitrogens with one attached hydrogen (secondary N) is 2. The highest BCUT2D eigenvalue weighted by Crippen LogP contribution is 2.40. The van der Waals surface area contributed by atoms with Gasteiger partial charge in [-0.15, -0.1) is 0 Å². The van der Waals surface area contributed by atoms with Gasteiger partial charge in [0.25, 0.3) is 5.91 Å². The molecule has 138 valence electrons. The van der Waals surface area contributed by atoms with Gasteiger partial charge in [-0.25, -0.2) is 4.79 Å². The number of amides is 4. The zero-order valence-electron chi connectivity index (χ0n) is 14.2. The lowest BCUT2D eigenvalue weighted by Crippen LogP contribution is -2.48. The normalized spacial score (nSPS) is 20.9. The summed E-state index contributed by atoms with van der Waals surface area (Å²) in [4.78, 5) is 39.0. The number of benzene rings is 2. The number of carbonyl (C=O) groups is 3. The van der Waals surface area contributed by atoms with Gasteiger partial charge < -0.3 is 15.4 Å². The third kappa shape index (κ3) is 3.03. The number of urea groups is 1. The number of nitrogens with zero attached hydrogens (tertiary/aromatic N) is 1. The Morgan fingerprint density at radius 3 is 2.74 bits per heavy atom. The smallest absolute Gasteiger partial charge is 0.325 e. The number of ether oxygens (including phenoxy) is 1. The molecule has 1 fully saturated rings. The number of para-hydroxylation sites is 2. The zero-order valence-corrected chi connectivity index (χ0v) is 16.4. The van der Waals surface area contributed by atoms with Gasteiger partial charge in [0.2, 0.25) is 5.91 Å². The van der Waals surface area contributed by atoms with E-state index in [1.54, 1.807) is 30.3 Å². The standard InChI is InChI=1S/C19H16IN3O4/c20-13-6-2-3-7-14(13)21-16(24)11-23-17(25)19(22-18(23)26)9-10-27-15-8-4-1-5-12(15)19/h1-8H,9-11H2,(H,21,24)(H,22,26). The van der Waals surface area contributed by atoms with Crippen LogP contribution in [0, 0.1) is 3.57 Å². The first-order valence-corrected chi connectivity index (χ1v) is 9.50. The van der Waals surface area contributed by atoms with Crippen LogP contribution < -0.4 is 15.4 Å². The second-order valence-electron chi connectivity index (χ2n) is 6.35. The van der Waals surface area contributed by atoms with Crippen molar-refractivity contribution in [3.8, 4) is 5.75 Å². The molecule has 2 heterocycles. The monoisotopic (exact) mass is 477 g/mol. The van der Waals surface area contributed by atoms with E-state index in [9.17, 15) is 14.4 Å². The molecule has 2 aromatic rings. The molecule has 4 amide bonds. The predicted molar refractivity (Wildman–Crippen MR) is 106 cm³/mol. The van der Waals surface area contributed by atoms with Crippen LogP contribution in [0.4, 0.5) is 10.5 Å². The first-order chi connectivity index (χ1) is 13.0. The topological polar surface area (TPSA) is 87.7 Å². The maximum absolute atomic E-state index is 13.1. The Labute approximate surface area is 169 Å². The number of hydrogen-bond donors (Lipinski definition) is 2. The first-order valence-electron chi connectivity index (χ1n) is 8.42. The van der Waals surface area contributed by atoms with E-state index in [1.165, 1.54) is 0 Å². The van der Waals surface area contributed by atoms with Crippen LogP contribution in [-0.2, 0) is 15.1 Å². The van der Waals surface area contributed by atoms with E-state index in [2.05, 4.69) is 33.2 Å². The van der Waals surface area contributed by atoms with Crippen molar-refractivity contribution >= 4 is 46.1 Å². The summed E-state index contributed by atoms with van der Waals surface area (Å²) in [5.74, 6) is -0.288. The van der Waals surface area contributed by atoms with E-state index in [0.717, 1.165) is 8.47 Å². The van der Waals surface area contributed by atoms with Crippen molar-refractivity contribution < 1.29 is 19.1 Å². The van der Waals surface area contributed by atoms with Crippen molar-refractivity contribution in [2.45, 2.75) is 12.0 Å². The summed E-state index contributed by atoms with van der Waals surface area (Å²) in [5.41, 5.74) is 0.0873. The van der Waals surface area contributed by atoms with Crippen molar-refractivity contribution in [2.24, 2.45) is 0 Å². The molecule has 4 rings (SSSR count). The predicted octanol–water partition coefficient (Wildman–Crippen LogP) is 2.46.